The molecule has 0 bridgehead atoms. The van der Waals surface area contributed by atoms with Crippen LogP contribution in [0.4, 0.5) is 4.79 Å². The molecule has 1 aliphatic heterocycles. The lowest BCUT2D eigenvalue weighted by molar-refractivity contribution is -0.136. The van der Waals surface area contributed by atoms with Crippen LogP contribution in [0.25, 0.3) is 10.8 Å². The molecule has 5 nitrogen and oxygen atoms in total. The smallest absolute Gasteiger partial charge is 0.327 e. The second kappa shape index (κ2) is 9.35. The maximum absolute atomic E-state index is 13.9. The number of urea groups is 1. The van der Waals surface area contributed by atoms with Gasteiger partial charge in [-0.15, -0.1) is 0 Å². The minimum absolute atomic E-state index is 0.333. The Bertz CT molecular complexity index is 1360. The van der Waals surface area contributed by atoms with Gasteiger partial charge in [0.15, 0.2) is 0 Å². The van der Waals surface area contributed by atoms with E-state index in [0.29, 0.717) is 5.56 Å². The Labute approximate surface area is 205 Å². The van der Waals surface area contributed by atoms with Gasteiger partial charge >= 0.3 is 6.03 Å². The molecule has 176 valence electrons. The molecule has 1 heterocycles. The van der Waals surface area contributed by atoms with Gasteiger partial charge in [-0.05, 0) is 33.5 Å². The first kappa shape index (κ1) is 22.8. The van der Waals surface area contributed by atoms with Gasteiger partial charge in [-0.1, -0.05) is 104 Å². The molecule has 1 aliphatic rings. The summed E-state index contributed by atoms with van der Waals surface area (Å²) in [6.45, 7) is 1.69. The highest BCUT2D eigenvalue weighted by Gasteiger charge is 2.49. The highest BCUT2D eigenvalue weighted by Crippen LogP contribution is 2.45. The Morgan fingerprint density at radius 2 is 1.31 bits per heavy atom. The Morgan fingerprint density at radius 1 is 0.771 bits per heavy atom. The molecule has 0 aromatic heterocycles. The first-order valence-electron chi connectivity index (χ1n) is 11.8. The topological polar surface area (TPSA) is 60.9 Å². The van der Waals surface area contributed by atoms with Crippen molar-refractivity contribution >= 4 is 22.7 Å². The third-order valence-electron chi connectivity index (χ3n) is 7.00. The molecule has 0 unspecified atom stereocenters. The van der Waals surface area contributed by atoms with Crippen LogP contribution in [0, 0.1) is 5.92 Å². The number of likely N-dealkylation sites (N-methyl/N-ethyl adjacent to an activating group) is 1. The van der Waals surface area contributed by atoms with Crippen molar-refractivity contribution in [3.8, 4) is 0 Å². The van der Waals surface area contributed by atoms with Gasteiger partial charge in [-0.3, -0.25) is 9.69 Å². The van der Waals surface area contributed by atoms with Crippen molar-refractivity contribution < 1.29 is 14.7 Å². The first-order chi connectivity index (χ1) is 17.0. The van der Waals surface area contributed by atoms with Crippen LogP contribution in [0.3, 0.4) is 0 Å². The van der Waals surface area contributed by atoms with Crippen LogP contribution in [-0.4, -0.2) is 33.9 Å². The lowest BCUT2D eigenvalue weighted by Gasteiger charge is -2.29. The van der Waals surface area contributed by atoms with E-state index in [2.05, 4.69) is 0 Å². The van der Waals surface area contributed by atoms with E-state index < -0.39 is 24.0 Å². The average molecular weight is 465 g/mol. The second-order valence-electron chi connectivity index (χ2n) is 9.15. The van der Waals surface area contributed by atoms with Gasteiger partial charge in [0.2, 0.25) is 5.91 Å². The largest absolute Gasteiger partial charge is 0.388 e. The molecule has 0 aliphatic carbocycles. The summed E-state index contributed by atoms with van der Waals surface area (Å²) in [5, 5.41) is 13.3. The molecule has 1 N–H and O–H groups in total. The van der Waals surface area contributed by atoms with Gasteiger partial charge in [0.1, 0.15) is 0 Å². The van der Waals surface area contributed by atoms with E-state index in [9.17, 15) is 14.7 Å². The lowest BCUT2D eigenvalue weighted by atomic mass is 9.91. The van der Waals surface area contributed by atoms with Crippen LogP contribution in [0.15, 0.2) is 103 Å². The summed E-state index contributed by atoms with van der Waals surface area (Å²) in [4.78, 5) is 30.3. The molecular formula is C30H28N2O3. The monoisotopic (exact) mass is 464 g/mol. The Balaban J connectivity index is 1.51. The van der Waals surface area contributed by atoms with Crippen LogP contribution >= 0.6 is 0 Å². The lowest BCUT2D eigenvalue weighted by Crippen LogP contribution is -2.41. The minimum atomic E-state index is -1.04. The van der Waals surface area contributed by atoms with Crippen molar-refractivity contribution in [2.24, 2.45) is 5.92 Å². The third kappa shape index (κ3) is 4.08. The highest BCUT2D eigenvalue weighted by atomic mass is 16.3. The van der Waals surface area contributed by atoms with Crippen LogP contribution < -0.4 is 0 Å². The van der Waals surface area contributed by atoms with Crippen molar-refractivity contribution in [2.45, 2.75) is 25.1 Å². The summed E-state index contributed by atoms with van der Waals surface area (Å²) in [7, 11) is 1.73. The summed E-state index contributed by atoms with van der Waals surface area (Å²) < 4.78 is 0. The van der Waals surface area contributed by atoms with E-state index in [1.54, 1.807) is 18.9 Å². The normalized spacial score (nSPS) is 19.7. The zero-order valence-electron chi connectivity index (χ0n) is 19.8. The number of carbonyl (C=O) groups excluding carboxylic acids is 2. The maximum atomic E-state index is 13.9. The summed E-state index contributed by atoms with van der Waals surface area (Å²) in [6, 6.07) is 31.8. The molecule has 0 spiro atoms. The summed E-state index contributed by atoms with van der Waals surface area (Å²) in [6.07, 6.45) is -1.04. The molecule has 0 saturated carbocycles. The van der Waals surface area contributed by atoms with E-state index in [1.165, 1.54) is 4.90 Å². The third-order valence-corrected chi connectivity index (χ3v) is 7.00. The van der Waals surface area contributed by atoms with Crippen molar-refractivity contribution in [2.75, 3.05) is 7.05 Å². The van der Waals surface area contributed by atoms with Crippen molar-refractivity contribution in [3.63, 3.8) is 0 Å². The van der Waals surface area contributed by atoms with E-state index in [-0.39, 0.29) is 12.1 Å². The van der Waals surface area contributed by atoms with E-state index in [1.807, 2.05) is 103 Å². The molecule has 3 amide bonds. The summed E-state index contributed by atoms with van der Waals surface area (Å²) in [5.41, 5.74) is 2.48. The van der Waals surface area contributed by atoms with Crippen molar-refractivity contribution in [1.29, 1.82) is 0 Å². The van der Waals surface area contributed by atoms with Gasteiger partial charge in [-0.25, -0.2) is 4.79 Å². The number of rotatable bonds is 5. The van der Waals surface area contributed by atoms with Crippen LogP contribution in [0.5, 0.6) is 0 Å². The Hall–Kier alpha value is -3.96. The molecule has 4 aromatic carbocycles. The quantitative estimate of drug-likeness (QED) is 0.401. The number of fused-ring (bicyclic) bond motifs is 1. The number of amides is 3. The molecule has 5 rings (SSSR count). The Morgan fingerprint density at radius 3 is 1.94 bits per heavy atom. The van der Waals surface area contributed by atoms with E-state index in [0.717, 1.165) is 21.9 Å². The number of nitrogens with zero attached hydrogens (tertiary/aromatic N) is 2. The maximum Gasteiger partial charge on any atom is 0.327 e. The second-order valence-corrected chi connectivity index (χ2v) is 9.15. The average Bonchev–Trinajstić information content (AvgIpc) is 3.18. The standard InChI is InChI=1S/C30H28N2O3/c1-20(28(33)25-18-17-21-11-9-10-16-24(21)19-25)29(34)32-27(23-14-7-4-8-15-23)26(31(2)30(32)35)22-12-5-3-6-13-22/h3-20,26-28,33H,1-2H3/t20-,26+,27+,28+/m0/s1. The zero-order chi connectivity index (χ0) is 24.5. The molecule has 1 fully saturated rings. The molecule has 35 heavy (non-hydrogen) atoms. The predicted octanol–water partition coefficient (Wildman–Crippen LogP) is 5.89. The zero-order valence-corrected chi connectivity index (χ0v) is 19.8. The number of aliphatic hydroxyl groups is 1. The van der Waals surface area contributed by atoms with Crippen LogP contribution in [-0.2, 0) is 4.79 Å². The van der Waals surface area contributed by atoms with Gasteiger partial charge in [0.05, 0.1) is 24.1 Å². The number of imide groups is 1. The molecule has 4 aromatic rings. The van der Waals surface area contributed by atoms with Gasteiger partial charge < -0.3 is 10.0 Å². The number of hydrogen-bond acceptors (Lipinski definition) is 3. The van der Waals surface area contributed by atoms with Crippen molar-refractivity contribution in [3.05, 3.63) is 120 Å². The molecule has 5 heteroatoms. The van der Waals surface area contributed by atoms with Crippen LogP contribution in [0.2, 0.25) is 0 Å². The first-order valence-corrected chi connectivity index (χ1v) is 11.8. The summed E-state index contributed by atoms with van der Waals surface area (Å²) >= 11 is 0. The van der Waals surface area contributed by atoms with Crippen molar-refractivity contribution in [1.82, 2.24) is 9.80 Å². The minimum Gasteiger partial charge on any atom is -0.388 e. The van der Waals surface area contributed by atoms with Gasteiger partial charge in [0, 0.05) is 7.05 Å². The number of aliphatic hydroxyl groups excluding tert-OH is 1. The fourth-order valence-electron chi connectivity index (χ4n) is 5.06. The molecular weight excluding hydrogens is 436 g/mol. The van der Waals surface area contributed by atoms with E-state index in [4.69, 9.17) is 0 Å². The summed E-state index contributed by atoms with van der Waals surface area (Å²) in [5.74, 6) is -1.20. The fourth-order valence-corrected chi connectivity index (χ4v) is 5.06. The SMILES string of the molecule is C[C@H](C(=O)N1C(=O)N(C)[C@H](c2ccccc2)[C@H]1c1ccccc1)[C@@H](O)c1ccc2ccccc2c1. The van der Waals surface area contributed by atoms with E-state index >= 15 is 0 Å². The number of hydrogen-bond donors (Lipinski definition) is 1. The molecule has 1 saturated heterocycles. The fraction of sp³-hybridized carbons (Fsp3) is 0.200. The van der Waals surface area contributed by atoms with Gasteiger partial charge in [0.25, 0.3) is 0 Å². The Kier molecular flexibility index (Phi) is 6.10. The molecule has 4 atom stereocenters. The van der Waals surface area contributed by atoms with Gasteiger partial charge in [-0.2, -0.15) is 0 Å². The predicted molar refractivity (Wildman–Crippen MR) is 136 cm³/mol. The number of benzene rings is 4. The van der Waals surface area contributed by atoms with Crippen LogP contribution in [0.1, 0.15) is 41.8 Å². The number of carbonyl (C=O) groups is 2. The molecule has 0 radical (unpaired) electrons. The highest BCUT2D eigenvalue weighted by molar-refractivity contribution is 5.98.